The lowest BCUT2D eigenvalue weighted by Gasteiger charge is -2.13. The van der Waals surface area contributed by atoms with Crippen molar-refractivity contribution in [1.29, 1.82) is 5.26 Å². The Labute approximate surface area is 213 Å². The highest BCUT2D eigenvalue weighted by Gasteiger charge is 2.25. The van der Waals surface area contributed by atoms with Crippen LogP contribution in [0.2, 0.25) is 0 Å². The van der Waals surface area contributed by atoms with Crippen LogP contribution in [0.25, 0.3) is 33.3 Å². The average molecular weight is 489 g/mol. The maximum absolute atomic E-state index is 15.4. The number of hydrogen-bond donors (Lipinski definition) is 1. The smallest absolute Gasteiger partial charge is 0.219 e. The first-order valence-corrected chi connectivity index (χ1v) is 11.3. The van der Waals surface area contributed by atoms with E-state index in [1.54, 1.807) is 36.5 Å². The standard InChI is InChI=1S/C29H21FN6O/c1-5-20-11-16(2)21(15-33-20)28-25(26-27(36(28)4)19(13-31)14-34-29(26)32)18-9-10-23(22(30)12-18)37-24-8-6-7-17(3)35-24/h1,6-12,14-15H,2-4H3,(H2,32,34). The van der Waals surface area contributed by atoms with Crippen LogP contribution < -0.4 is 10.5 Å². The molecular weight excluding hydrogens is 467 g/mol. The van der Waals surface area contributed by atoms with E-state index in [1.165, 1.54) is 12.3 Å². The molecule has 4 heterocycles. The maximum atomic E-state index is 15.4. The zero-order valence-corrected chi connectivity index (χ0v) is 20.4. The summed E-state index contributed by atoms with van der Waals surface area (Å²) in [5.74, 6) is 2.51. The molecule has 0 fully saturated rings. The first kappa shape index (κ1) is 23.5. The second kappa shape index (κ2) is 9.10. The summed E-state index contributed by atoms with van der Waals surface area (Å²) < 4.78 is 22.9. The zero-order chi connectivity index (χ0) is 26.3. The molecule has 0 amide bonds. The first-order chi connectivity index (χ1) is 17.8. The number of halogens is 1. The Hall–Kier alpha value is -5.21. The van der Waals surface area contributed by atoms with E-state index in [-0.39, 0.29) is 11.6 Å². The fourth-order valence-corrected chi connectivity index (χ4v) is 4.50. The number of terminal acetylenes is 1. The average Bonchev–Trinajstić information content (AvgIpc) is 3.19. The number of aromatic nitrogens is 4. The molecule has 0 saturated carbocycles. The van der Waals surface area contributed by atoms with Crippen molar-refractivity contribution in [3.05, 3.63) is 83.2 Å². The zero-order valence-electron chi connectivity index (χ0n) is 20.4. The molecule has 0 spiro atoms. The molecule has 1 aromatic carbocycles. The number of nitrogen functional groups attached to an aromatic ring is 1. The van der Waals surface area contributed by atoms with Crippen LogP contribution in [-0.4, -0.2) is 19.5 Å². The second-order valence-electron chi connectivity index (χ2n) is 8.57. The van der Waals surface area contributed by atoms with Gasteiger partial charge >= 0.3 is 0 Å². The lowest BCUT2D eigenvalue weighted by molar-refractivity contribution is 0.427. The summed E-state index contributed by atoms with van der Waals surface area (Å²) >= 11 is 0. The summed E-state index contributed by atoms with van der Waals surface area (Å²) in [4.78, 5) is 12.9. The molecule has 0 aliphatic carbocycles. The summed E-state index contributed by atoms with van der Waals surface area (Å²) in [5.41, 5.74) is 12.0. The molecule has 8 heteroatoms. The minimum absolute atomic E-state index is 0.0312. The van der Waals surface area contributed by atoms with Crippen molar-refractivity contribution in [1.82, 2.24) is 19.5 Å². The van der Waals surface area contributed by atoms with Crippen molar-refractivity contribution >= 4 is 16.7 Å². The Morgan fingerprint density at radius 1 is 1.11 bits per heavy atom. The van der Waals surface area contributed by atoms with Crippen LogP contribution in [0.15, 0.2) is 54.9 Å². The number of rotatable bonds is 4. The number of nitrogens with zero attached hydrogens (tertiary/aromatic N) is 5. The van der Waals surface area contributed by atoms with E-state index in [2.05, 4.69) is 26.9 Å². The monoisotopic (exact) mass is 488 g/mol. The third kappa shape index (κ3) is 4.01. The van der Waals surface area contributed by atoms with Crippen molar-refractivity contribution in [2.75, 3.05) is 5.73 Å². The summed E-state index contributed by atoms with van der Waals surface area (Å²) in [6.07, 6.45) is 8.65. The highest BCUT2D eigenvalue weighted by Crippen LogP contribution is 2.44. The van der Waals surface area contributed by atoms with Crippen molar-refractivity contribution in [2.24, 2.45) is 7.05 Å². The predicted molar refractivity (Wildman–Crippen MR) is 140 cm³/mol. The van der Waals surface area contributed by atoms with Gasteiger partial charge in [0.05, 0.1) is 22.2 Å². The summed E-state index contributed by atoms with van der Waals surface area (Å²) in [7, 11) is 1.83. The third-order valence-corrected chi connectivity index (χ3v) is 6.17. The quantitative estimate of drug-likeness (QED) is 0.327. The number of fused-ring (bicyclic) bond motifs is 1. The molecule has 0 aliphatic heterocycles. The minimum Gasteiger partial charge on any atom is -0.436 e. The van der Waals surface area contributed by atoms with Gasteiger partial charge in [-0.25, -0.2) is 19.3 Å². The summed E-state index contributed by atoms with van der Waals surface area (Å²) in [5, 5.41) is 10.3. The van der Waals surface area contributed by atoms with Gasteiger partial charge in [-0.2, -0.15) is 5.26 Å². The van der Waals surface area contributed by atoms with Gasteiger partial charge in [-0.3, -0.25) is 0 Å². The van der Waals surface area contributed by atoms with Gasteiger partial charge in [0, 0.05) is 42.3 Å². The maximum Gasteiger partial charge on any atom is 0.219 e. The molecular formula is C29H21FN6O. The van der Waals surface area contributed by atoms with Gasteiger partial charge in [0.1, 0.15) is 17.6 Å². The number of anilines is 1. The van der Waals surface area contributed by atoms with Gasteiger partial charge in [0.15, 0.2) is 11.6 Å². The topological polar surface area (TPSA) is 103 Å². The van der Waals surface area contributed by atoms with Crippen LogP contribution >= 0.6 is 0 Å². The molecule has 37 heavy (non-hydrogen) atoms. The molecule has 7 nitrogen and oxygen atoms in total. The highest BCUT2D eigenvalue weighted by molar-refractivity contribution is 6.10. The molecule has 2 N–H and O–H groups in total. The van der Waals surface area contributed by atoms with E-state index in [0.29, 0.717) is 44.9 Å². The van der Waals surface area contributed by atoms with Crippen molar-refractivity contribution in [3.8, 4) is 52.4 Å². The number of nitriles is 1. The number of benzene rings is 1. The van der Waals surface area contributed by atoms with Gasteiger partial charge in [-0.05, 0) is 49.2 Å². The molecule has 180 valence electrons. The molecule has 5 rings (SSSR count). The van der Waals surface area contributed by atoms with Gasteiger partial charge < -0.3 is 15.0 Å². The minimum atomic E-state index is -0.579. The molecule has 4 aromatic heterocycles. The van der Waals surface area contributed by atoms with Crippen LogP contribution in [0.3, 0.4) is 0 Å². The number of aryl methyl sites for hydroxylation is 3. The highest BCUT2D eigenvalue weighted by atomic mass is 19.1. The normalized spacial score (nSPS) is 10.8. The third-order valence-electron chi connectivity index (χ3n) is 6.17. The summed E-state index contributed by atoms with van der Waals surface area (Å²) in [6, 6.07) is 13.9. The lowest BCUT2D eigenvalue weighted by Crippen LogP contribution is -1.98. The number of pyridine rings is 3. The second-order valence-corrected chi connectivity index (χ2v) is 8.57. The molecule has 0 unspecified atom stereocenters. The van der Waals surface area contributed by atoms with Gasteiger partial charge in [0.25, 0.3) is 0 Å². The SMILES string of the molecule is C#Cc1cc(C)c(-c2c(-c3ccc(Oc4cccc(C)n4)c(F)c3)c3c(N)ncc(C#N)c3n2C)cn1. The lowest BCUT2D eigenvalue weighted by atomic mass is 9.96. The van der Waals surface area contributed by atoms with Gasteiger partial charge in [0.2, 0.25) is 5.88 Å². The van der Waals surface area contributed by atoms with Crippen LogP contribution in [0, 0.1) is 43.3 Å². The first-order valence-electron chi connectivity index (χ1n) is 11.3. The summed E-state index contributed by atoms with van der Waals surface area (Å²) in [6.45, 7) is 3.74. The number of ether oxygens (including phenoxy) is 1. The Kier molecular flexibility index (Phi) is 5.79. The van der Waals surface area contributed by atoms with Gasteiger partial charge in [-0.15, -0.1) is 6.42 Å². The molecule has 5 aromatic rings. The number of hydrogen-bond acceptors (Lipinski definition) is 6. The van der Waals surface area contributed by atoms with Crippen LogP contribution in [0.4, 0.5) is 10.2 Å². The Bertz CT molecular complexity index is 1790. The van der Waals surface area contributed by atoms with Crippen molar-refractivity contribution in [2.45, 2.75) is 13.8 Å². The van der Waals surface area contributed by atoms with Gasteiger partial charge in [-0.1, -0.05) is 18.1 Å². The molecule has 0 radical (unpaired) electrons. The van der Waals surface area contributed by atoms with Crippen LogP contribution in [-0.2, 0) is 7.05 Å². The van der Waals surface area contributed by atoms with E-state index < -0.39 is 5.82 Å². The molecule has 0 saturated heterocycles. The van der Waals surface area contributed by atoms with E-state index in [9.17, 15) is 5.26 Å². The van der Waals surface area contributed by atoms with E-state index in [0.717, 1.165) is 16.8 Å². The molecule has 0 bridgehead atoms. The Balaban J connectivity index is 1.77. The van der Waals surface area contributed by atoms with Crippen molar-refractivity contribution in [3.63, 3.8) is 0 Å². The largest absolute Gasteiger partial charge is 0.436 e. The fourth-order valence-electron chi connectivity index (χ4n) is 4.50. The van der Waals surface area contributed by atoms with Crippen LogP contribution in [0.1, 0.15) is 22.5 Å². The molecule has 0 aliphatic rings. The fraction of sp³-hybridized carbons (Fsp3) is 0.103. The predicted octanol–water partition coefficient (Wildman–Crippen LogP) is 5.68. The van der Waals surface area contributed by atoms with E-state index in [4.69, 9.17) is 16.9 Å². The van der Waals surface area contributed by atoms with Crippen molar-refractivity contribution < 1.29 is 9.13 Å². The Morgan fingerprint density at radius 2 is 1.92 bits per heavy atom. The van der Waals surface area contributed by atoms with E-state index >= 15 is 4.39 Å². The molecule has 0 atom stereocenters. The van der Waals surface area contributed by atoms with Crippen LogP contribution in [0.5, 0.6) is 11.6 Å². The Morgan fingerprint density at radius 3 is 2.59 bits per heavy atom. The van der Waals surface area contributed by atoms with E-state index in [1.807, 2.05) is 31.5 Å². The number of nitrogens with two attached hydrogens (primary N) is 1.